The van der Waals surface area contributed by atoms with E-state index in [0.29, 0.717) is 23.6 Å². The summed E-state index contributed by atoms with van der Waals surface area (Å²) in [4.78, 5) is 23.5. The number of aliphatic hydroxyl groups is 1. The largest absolute Gasteiger partial charge is 0.388 e. The van der Waals surface area contributed by atoms with Gasteiger partial charge in [0.2, 0.25) is 0 Å². The summed E-state index contributed by atoms with van der Waals surface area (Å²) >= 11 is 5.96. The van der Waals surface area contributed by atoms with Gasteiger partial charge in [0, 0.05) is 17.3 Å². The molecule has 1 aliphatic carbocycles. The molecule has 0 unspecified atom stereocenters. The number of rotatable bonds is 3. The third-order valence-electron chi connectivity index (χ3n) is 3.75. The molecule has 2 rings (SSSR count). The maximum Gasteiger partial charge on any atom is 0.313 e. The molecule has 5 nitrogen and oxygen atoms in total. The van der Waals surface area contributed by atoms with E-state index in [9.17, 15) is 14.7 Å². The lowest BCUT2D eigenvalue weighted by Crippen LogP contribution is -2.44. The van der Waals surface area contributed by atoms with Crippen LogP contribution in [-0.2, 0) is 9.59 Å². The predicted octanol–water partition coefficient (Wildman–Crippen LogP) is 2.01. The molecule has 0 heterocycles. The average molecular weight is 311 g/mol. The highest BCUT2D eigenvalue weighted by atomic mass is 35.5. The van der Waals surface area contributed by atoms with Gasteiger partial charge in [-0.2, -0.15) is 0 Å². The van der Waals surface area contributed by atoms with Crippen molar-refractivity contribution in [1.29, 1.82) is 0 Å². The number of aryl methyl sites for hydroxylation is 1. The van der Waals surface area contributed by atoms with Gasteiger partial charge in [-0.05, 0) is 37.5 Å². The molecule has 0 saturated heterocycles. The third kappa shape index (κ3) is 4.19. The minimum atomic E-state index is -0.872. The predicted molar refractivity (Wildman–Crippen MR) is 81.2 cm³/mol. The Kier molecular flexibility index (Phi) is 4.85. The summed E-state index contributed by atoms with van der Waals surface area (Å²) in [5.41, 5.74) is 0.483. The number of halogens is 1. The minimum Gasteiger partial charge on any atom is -0.388 e. The van der Waals surface area contributed by atoms with Crippen LogP contribution in [0.3, 0.4) is 0 Å². The van der Waals surface area contributed by atoms with Crippen molar-refractivity contribution in [2.45, 2.75) is 38.2 Å². The first-order valence-electron chi connectivity index (χ1n) is 6.97. The first-order chi connectivity index (χ1) is 9.89. The third-order valence-corrected chi connectivity index (χ3v) is 4.16. The van der Waals surface area contributed by atoms with E-state index >= 15 is 0 Å². The van der Waals surface area contributed by atoms with E-state index in [1.165, 1.54) is 0 Å². The van der Waals surface area contributed by atoms with Crippen LogP contribution in [0.5, 0.6) is 0 Å². The number of amides is 2. The number of carbonyl (C=O) groups excluding carboxylic acids is 2. The van der Waals surface area contributed by atoms with Crippen LogP contribution in [0.1, 0.15) is 31.2 Å². The van der Waals surface area contributed by atoms with E-state index < -0.39 is 17.4 Å². The lowest BCUT2D eigenvalue weighted by atomic mass is 10.0. The van der Waals surface area contributed by atoms with Gasteiger partial charge in [0.05, 0.1) is 5.60 Å². The van der Waals surface area contributed by atoms with E-state index in [4.69, 9.17) is 11.6 Å². The van der Waals surface area contributed by atoms with Gasteiger partial charge in [-0.1, -0.05) is 30.5 Å². The zero-order chi connectivity index (χ0) is 15.5. The number of hydrogen-bond acceptors (Lipinski definition) is 3. The van der Waals surface area contributed by atoms with E-state index in [0.717, 1.165) is 18.4 Å². The summed E-state index contributed by atoms with van der Waals surface area (Å²) < 4.78 is 0. The Morgan fingerprint density at radius 2 is 1.95 bits per heavy atom. The topological polar surface area (TPSA) is 78.4 Å². The number of benzene rings is 1. The summed E-state index contributed by atoms with van der Waals surface area (Å²) in [5, 5.41) is 15.6. The maximum absolute atomic E-state index is 11.8. The molecule has 0 bridgehead atoms. The van der Waals surface area contributed by atoms with Crippen molar-refractivity contribution < 1.29 is 14.7 Å². The molecule has 0 atom stereocenters. The zero-order valence-electron chi connectivity index (χ0n) is 11.9. The van der Waals surface area contributed by atoms with Crippen LogP contribution >= 0.6 is 11.6 Å². The lowest BCUT2D eigenvalue weighted by Gasteiger charge is -2.22. The van der Waals surface area contributed by atoms with Crippen LogP contribution in [0, 0.1) is 6.92 Å². The SMILES string of the molecule is Cc1ccc(NC(=O)C(=O)NCC2(O)CCCC2)cc1Cl. The minimum absolute atomic E-state index is 0.105. The fraction of sp³-hybridized carbons (Fsp3) is 0.467. The van der Waals surface area contributed by atoms with Crippen molar-refractivity contribution in [1.82, 2.24) is 5.32 Å². The fourth-order valence-corrected chi connectivity index (χ4v) is 2.57. The highest BCUT2D eigenvalue weighted by Crippen LogP contribution is 2.28. The molecule has 114 valence electrons. The van der Waals surface area contributed by atoms with Gasteiger partial charge in [-0.25, -0.2) is 0 Å². The first kappa shape index (κ1) is 15.8. The van der Waals surface area contributed by atoms with Crippen LogP contribution in [0.15, 0.2) is 18.2 Å². The van der Waals surface area contributed by atoms with E-state index in [2.05, 4.69) is 10.6 Å². The molecule has 1 aliphatic rings. The van der Waals surface area contributed by atoms with Crippen molar-refractivity contribution >= 4 is 29.1 Å². The number of anilines is 1. The van der Waals surface area contributed by atoms with Gasteiger partial charge in [0.1, 0.15) is 0 Å². The van der Waals surface area contributed by atoms with Crippen LogP contribution in [-0.4, -0.2) is 29.1 Å². The number of hydrogen-bond donors (Lipinski definition) is 3. The van der Waals surface area contributed by atoms with Gasteiger partial charge in [-0.15, -0.1) is 0 Å². The van der Waals surface area contributed by atoms with Crippen LogP contribution in [0.4, 0.5) is 5.69 Å². The van der Waals surface area contributed by atoms with Gasteiger partial charge in [-0.3, -0.25) is 9.59 Å². The maximum atomic E-state index is 11.8. The van der Waals surface area contributed by atoms with E-state index in [-0.39, 0.29) is 6.54 Å². The summed E-state index contributed by atoms with van der Waals surface area (Å²) in [5.74, 6) is -1.52. The van der Waals surface area contributed by atoms with Crippen LogP contribution in [0.25, 0.3) is 0 Å². The first-order valence-corrected chi connectivity index (χ1v) is 7.35. The molecule has 1 saturated carbocycles. The van der Waals surface area contributed by atoms with Gasteiger partial charge >= 0.3 is 11.8 Å². The standard InChI is InChI=1S/C15H19ClN2O3/c1-10-4-5-11(8-12(10)16)18-14(20)13(19)17-9-15(21)6-2-3-7-15/h4-5,8,21H,2-3,6-7,9H2,1H3,(H,17,19)(H,18,20). The fourth-order valence-electron chi connectivity index (χ4n) is 2.39. The number of carbonyl (C=O) groups is 2. The molecule has 2 amide bonds. The monoisotopic (exact) mass is 310 g/mol. The molecule has 1 aromatic rings. The summed E-state index contributed by atoms with van der Waals surface area (Å²) in [7, 11) is 0. The van der Waals surface area contributed by atoms with Crippen molar-refractivity contribution in [3.8, 4) is 0 Å². The summed E-state index contributed by atoms with van der Waals surface area (Å²) in [6.07, 6.45) is 3.20. The average Bonchev–Trinajstić information content (AvgIpc) is 2.87. The second-order valence-electron chi connectivity index (χ2n) is 5.53. The Labute approximate surface area is 128 Å². The second-order valence-corrected chi connectivity index (χ2v) is 5.94. The van der Waals surface area contributed by atoms with Crippen LogP contribution in [0.2, 0.25) is 5.02 Å². The smallest absolute Gasteiger partial charge is 0.313 e. The second kappa shape index (κ2) is 6.45. The molecule has 3 N–H and O–H groups in total. The lowest BCUT2D eigenvalue weighted by molar-refractivity contribution is -0.136. The van der Waals surface area contributed by atoms with E-state index in [1.807, 2.05) is 6.92 Å². The molecule has 1 fully saturated rings. The summed E-state index contributed by atoms with van der Waals surface area (Å²) in [6.45, 7) is 1.96. The molecule has 0 aliphatic heterocycles. The summed E-state index contributed by atoms with van der Waals surface area (Å²) in [6, 6.07) is 5.03. The Balaban J connectivity index is 1.87. The van der Waals surface area contributed by atoms with Crippen molar-refractivity contribution in [2.24, 2.45) is 0 Å². The van der Waals surface area contributed by atoms with Crippen LogP contribution < -0.4 is 10.6 Å². The number of nitrogens with one attached hydrogen (secondary N) is 2. The molecule has 21 heavy (non-hydrogen) atoms. The zero-order valence-corrected chi connectivity index (χ0v) is 12.7. The Morgan fingerprint density at radius 3 is 2.57 bits per heavy atom. The normalized spacial score (nSPS) is 16.5. The highest BCUT2D eigenvalue weighted by Gasteiger charge is 2.32. The molecule has 0 aromatic heterocycles. The van der Waals surface area contributed by atoms with Crippen molar-refractivity contribution in [3.05, 3.63) is 28.8 Å². The molecular weight excluding hydrogens is 292 g/mol. The molecule has 0 spiro atoms. The molecule has 1 aromatic carbocycles. The molecule has 6 heteroatoms. The van der Waals surface area contributed by atoms with E-state index in [1.54, 1.807) is 18.2 Å². The Morgan fingerprint density at radius 1 is 1.29 bits per heavy atom. The quantitative estimate of drug-likeness (QED) is 0.747. The Bertz CT molecular complexity index is 554. The van der Waals surface area contributed by atoms with Gasteiger partial charge in [0.15, 0.2) is 0 Å². The van der Waals surface area contributed by atoms with Gasteiger partial charge < -0.3 is 15.7 Å². The molecule has 0 radical (unpaired) electrons. The van der Waals surface area contributed by atoms with Crippen molar-refractivity contribution in [2.75, 3.05) is 11.9 Å². The Hall–Kier alpha value is -1.59. The van der Waals surface area contributed by atoms with Crippen molar-refractivity contribution in [3.63, 3.8) is 0 Å². The molecular formula is C15H19ClN2O3. The highest BCUT2D eigenvalue weighted by molar-refractivity contribution is 6.39. The van der Waals surface area contributed by atoms with Gasteiger partial charge in [0.25, 0.3) is 0 Å².